The molecule has 5 heteroatoms. The van der Waals surface area contributed by atoms with Gasteiger partial charge in [-0.1, -0.05) is 0 Å². The highest BCUT2D eigenvalue weighted by Crippen LogP contribution is 2.22. The van der Waals surface area contributed by atoms with Crippen molar-refractivity contribution in [3.05, 3.63) is 28.2 Å². The lowest BCUT2D eigenvalue weighted by molar-refractivity contribution is 0.0937. The van der Waals surface area contributed by atoms with Crippen LogP contribution in [0.25, 0.3) is 0 Å². The van der Waals surface area contributed by atoms with E-state index in [-0.39, 0.29) is 11.9 Å². The summed E-state index contributed by atoms with van der Waals surface area (Å²) in [6.45, 7) is 1.94. The second-order valence-corrected chi connectivity index (χ2v) is 5.42. The molecule has 1 heterocycles. The fraction of sp³-hybridized carbons (Fsp3) is 0.462. The van der Waals surface area contributed by atoms with Gasteiger partial charge in [0.25, 0.3) is 5.91 Å². The molecule has 2 rings (SSSR count). The first kappa shape index (κ1) is 13.4. The number of nitrogens with one attached hydrogen (secondary N) is 1. The van der Waals surface area contributed by atoms with Crippen LogP contribution in [0.2, 0.25) is 0 Å². The van der Waals surface area contributed by atoms with E-state index in [1.165, 1.54) is 0 Å². The molecule has 1 aromatic rings. The Hall–Kier alpha value is -1.07. The van der Waals surface area contributed by atoms with Crippen molar-refractivity contribution in [3.63, 3.8) is 0 Å². The van der Waals surface area contributed by atoms with Crippen LogP contribution < -0.4 is 10.1 Å². The topological polar surface area (TPSA) is 41.6 Å². The highest BCUT2D eigenvalue weighted by Gasteiger charge is 2.22. The summed E-state index contributed by atoms with van der Waals surface area (Å²) >= 11 is 3.39. The first-order valence-electron chi connectivity index (χ1n) is 5.93. The second kappa shape index (κ2) is 5.71. The number of likely N-dealkylation sites (N-methyl/N-ethyl adjacent to an activating group) is 1. The summed E-state index contributed by atoms with van der Waals surface area (Å²) in [6.07, 6.45) is 1.00. The number of methoxy groups -OCH3 is 1. The van der Waals surface area contributed by atoms with Crippen LogP contribution in [0.4, 0.5) is 0 Å². The third-order valence-electron chi connectivity index (χ3n) is 3.14. The van der Waals surface area contributed by atoms with E-state index < -0.39 is 0 Å². The molecule has 1 atom stereocenters. The number of benzene rings is 1. The predicted octanol–water partition coefficient (Wildman–Crippen LogP) is 1.89. The molecule has 0 aliphatic carbocycles. The zero-order valence-electron chi connectivity index (χ0n) is 10.6. The van der Waals surface area contributed by atoms with Gasteiger partial charge in [-0.15, -0.1) is 0 Å². The van der Waals surface area contributed by atoms with Gasteiger partial charge < -0.3 is 15.0 Å². The predicted molar refractivity (Wildman–Crippen MR) is 74.1 cm³/mol. The minimum absolute atomic E-state index is 0.0546. The SMILES string of the molecule is COc1ccc(Br)c(C(=O)NC2CCN(C)C2)c1. The maximum Gasteiger partial charge on any atom is 0.252 e. The number of rotatable bonds is 3. The van der Waals surface area contributed by atoms with Crippen molar-refractivity contribution in [1.29, 1.82) is 0 Å². The molecule has 1 amide bonds. The molecule has 1 N–H and O–H groups in total. The molecule has 1 fully saturated rings. The summed E-state index contributed by atoms with van der Waals surface area (Å²) in [6, 6.07) is 5.64. The number of carbonyl (C=O) groups is 1. The molecule has 1 saturated heterocycles. The summed E-state index contributed by atoms with van der Waals surface area (Å²) in [5.74, 6) is 0.632. The van der Waals surface area contributed by atoms with Crippen LogP contribution >= 0.6 is 15.9 Å². The van der Waals surface area contributed by atoms with Crippen molar-refractivity contribution >= 4 is 21.8 Å². The van der Waals surface area contributed by atoms with Gasteiger partial charge in [0.15, 0.2) is 0 Å². The number of amides is 1. The Balaban J connectivity index is 2.08. The monoisotopic (exact) mass is 312 g/mol. The third kappa shape index (κ3) is 3.03. The summed E-state index contributed by atoms with van der Waals surface area (Å²) < 4.78 is 5.92. The maximum atomic E-state index is 12.2. The van der Waals surface area contributed by atoms with Crippen LogP contribution in [0.5, 0.6) is 5.75 Å². The Morgan fingerprint density at radius 3 is 2.94 bits per heavy atom. The first-order chi connectivity index (χ1) is 8.60. The van der Waals surface area contributed by atoms with Crippen LogP contribution in [0.15, 0.2) is 22.7 Å². The second-order valence-electron chi connectivity index (χ2n) is 4.57. The lowest BCUT2D eigenvalue weighted by Gasteiger charge is -2.14. The number of likely N-dealkylation sites (tertiary alicyclic amines) is 1. The van der Waals surface area contributed by atoms with E-state index in [9.17, 15) is 4.79 Å². The van der Waals surface area contributed by atoms with Crippen molar-refractivity contribution in [2.24, 2.45) is 0 Å². The molecule has 0 saturated carbocycles. The number of ether oxygens (including phenoxy) is 1. The fourth-order valence-corrected chi connectivity index (χ4v) is 2.55. The molecule has 1 aromatic carbocycles. The minimum atomic E-state index is -0.0546. The Morgan fingerprint density at radius 2 is 2.33 bits per heavy atom. The zero-order valence-corrected chi connectivity index (χ0v) is 12.2. The Bertz CT molecular complexity index is 451. The molecule has 0 bridgehead atoms. The lowest BCUT2D eigenvalue weighted by atomic mass is 10.1. The molecule has 0 aromatic heterocycles. The molecule has 18 heavy (non-hydrogen) atoms. The van der Waals surface area contributed by atoms with Gasteiger partial charge in [-0.25, -0.2) is 0 Å². The third-order valence-corrected chi connectivity index (χ3v) is 3.84. The van der Waals surface area contributed by atoms with Crippen molar-refractivity contribution in [2.75, 3.05) is 27.2 Å². The zero-order chi connectivity index (χ0) is 13.1. The van der Waals surface area contributed by atoms with Crippen LogP contribution in [-0.2, 0) is 0 Å². The van der Waals surface area contributed by atoms with Crippen LogP contribution in [0.1, 0.15) is 16.8 Å². The van der Waals surface area contributed by atoms with Crippen LogP contribution in [-0.4, -0.2) is 44.1 Å². The van der Waals surface area contributed by atoms with E-state index in [4.69, 9.17) is 4.74 Å². The van der Waals surface area contributed by atoms with Gasteiger partial charge in [0.2, 0.25) is 0 Å². The highest BCUT2D eigenvalue weighted by molar-refractivity contribution is 9.10. The number of carbonyl (C=O) groups excluding carboxylic acids is 1. The van der Waals surface area contributed by atoms with Gasteiger partial charge in [-0.2, -0.15) is 0 Å². The van der Waals surface area contributed by atoms with Crippen molar-refractivity contribution < 1.29 is 9.53 Å². The van der Waals surface area contributed by atoms with Crippen LogP contribution in [0.3, 0.4) is 0 Å². The molecule has 1 aliphatic heterocycles. The highest BCUT2D eigenvalue weighted by atomic mass is 79.9. The Labute approximate surface area is 115 Å². The Kier molecular flexibility index (Phi) is 4.24. The van der Waals surface area contributed by atoms with Gasteiger partial charge in [0, 0.05) is 17.1 Å². The van der Waals surface area contributed by atoms with Gasteiger partial charge in [-0.05, 0) is 54.1 Å². The van der Waals surface area contributed by atoms with Gasteiger partial charge in [0.05, 0.1) is 12.7 Å². The summed E-state index contributed by atoms with van der Waals surface area (Å²) in [5, 5.41) is 3.05. The van der Waals surface area contributed by atoms with Crippen molar-refractivity contribution in [1.82, 2.24) is 10.2 Å². The van der Waals surface area contributed by atoms with Crippen molar-refractivity contribution in [2.45, 2.75) is 12.5 Å². The van der Waals surface area contributed by atoms with E-state index in [1.54, 1.807) is 13.2 Å². The maximum absolute atomic E-state index is 12.2. The van der Waals surface area contributed by atoms with E-state index in [0.29, 0.717) is 11.3 Å². The molecular weight excluding hydrogens is 296 g/mol. The summed E-state index contributed by atoms with van der Waals surface area (Å²) in [7, 11) is 3.66. The van der Waals surface area contributed by atoms with Gasteiger partial charge in [-0.3, -0.25) is 4.79 Å². The average Bonchev–Trinajstić information content (AvgIpc) is 2.75. The van der Waals surface area contributed by atoms with E-state index in [0.717, 1.165) is 24.0 Å². The number of hydrogen-bond donors (Lipinski definition) is 1. The molecular formula is C13H17BrN2O2. The number of halogens is 1. The number of hydrogen-bond acceptors (Lipinski definition) is 3. The smallest absolute Gasteiger partial charge is 0.252 e. The molecule has 1 aliphatic rings. The van der Waals surface area contributed by atoms with E-state index in [1.807, 2.05) is 12.1 Å². The normalized spacial score (nSPS) is 19.8. The quantitative estimate of drug-likeness (QED) is 0.926. The average molecular weight is 313 g/mol. The van der Waals surface area contributed by atoms with Gasteiger partial charge in [0.1, 0.15) is 5.75 Å². The first-order valence-corrected chi connectivity index (χ1v) is 6.72. The number of nitrogens with zero attached hydrogens (tertiary/aromatic N) is 1. The fourth-order valence-electron chi connectivity index (χ4n) is 2.12. The van der Waals surface area contributed by atoms with Gasteiger partial charge >= 0.3 is 0 Å². The standard InChI is InChI=1S/C13H17BrN2O2/c1-16-6-5-9(8-16)15-13(17)11-7-10(18-2)3-4-12(11)14/h3-4,7,9H,5-6,8H2,1-2H3,(H,15,17). The minimum Gasteiger partial charge on any atom is -0.497 e. The van der Waals surface area contributed by atoms with E-state index >= 15 is 0 Å². The largest absolute Gasteiger partial charge is 0.497 e. The lowest BCUT2D eigenvalue weighted by Crippen LogP contribution is -2.36. The molecule has 1 unspecified atom stereocenters. The molecule has 4 nitrogen and oxygen atoms in total. The Morgan fingerprint density at radius 1 is 1.56 bits per heavy atom. The summed E-state index contributed by atoms with van der Waals surface area (Å²) in [4.78, 5) is 14.4. The summed E-state index contributed by atoms with van der Waals surface area (Å²) in [5.41, 5.74) is 0.615. The van der Waals surface area contributed by atoms with Crippen molar-refractivity contribution in [3.8, 4) is 5.75 Å². The molecule has 0 radical (unpaired) electrons. The molecule has 0 spiro atoms. The van der Waals surface area contributed by atoms with E-state index in [2.05, 4.69) is 33.2 Å². The van der Waals surface area contributed by atoms with Crippen LogP contribution in [0, 0.1) is 0 Å². The molecule has 98 valence electrons.